The van der Waals surface area contributed by atoms with Gasteiger partial charge in [-0.2, -0.15) is 5.10 Å². The van der Waals surface area contributed by atoms with Crippen LogP contribution in [0.3, 0.4) is 0 Å². The molecule has 4 heteroatoms. The molecule has 0 aromatic heterocycles. The van der Waals surface area contributed by atoms with Crippen LogP contribution in [0, 0.1) is 0 Å². The van der Waals surface area contributed by atoms with E-state index < -0.39 is 6.10 Å². The average molecular weight is 219 g/mol. The van der Waals surface area contributed by atoms with Crippen molar-refractivity contribution in [2.45, 2.75) is 19.2 Å². The maximum absolute atomic E-state index is 9.73. The first-order valence-electron chi connectivity index (χ1n) is 5.45. The van der Waals surface area contributed by atoms with Gasteiger partial charge in [0.25, 0.3) is 0 Å². The number of hydrogen-bond donors (Lipinski definition) is 2. The fraction of sp³-hybridized carbons (Fsp3) is 0.417. The Morgan fingerprint density at radius 2 is 2.00 bits per heavy atom. The van der Waals surface area contributed by atoms with Crippen LogP contribution in [0.4, 0.5) is 0 Å². The quantitative estimate of drug-likeness (QED) is 0.562. The Bertz CT molecular complexity index is 342. The Labute approximate surface area is 95.6 Å². The van der Waals surface area contributed by atoms with Gasteiger partial charge in [-0.15, -0.1) is 0 Å². The van der Waals surface area contributed by atoms with Crippen LogP contribution in [0.5, 0.6) is 0 Å². The molecule has 0 unspecified atom stereocenters. The van der Waals surface area contributed by atoms with Gasteiger partial charge in [0.2, 0.25) is 0 Å². The SMILES string of the molecule is C=NNC[C@H](O)CN1Cc2ccccc2C1. The third-order valence-electron chi connectivity index (χ3n) is 2.81. The van der Waals surface area contributed by atoms with Crippen molar-refractivity contribution < 1.29 is 5.11 Å². The summed E-state index contributed by atoms with van der Waals surface area (Å²) in [6.45, 7) is 6.28. The minimum atomic E-state index is -0.403. The third kappa shape index (κ3) is 2.59. The first-order chi connectivity index (χ1) is 7.79. The van der Waals surface area contributed by atoms with E-state index in [1.807, 2.05) is 0 Å². The van der Waals surface area contributed by atoms with Crippen LogP contribution < -0.4 is 5.43 Å². The highest BCUT2D eigenvalue weighted by atomic mass is 16.3. The predicted molar refractivity (Wildman–Crippen MR) is 64.1 cm³/mol. The summed E-state index contributed by atoms with van der Waals surface area (Å²) in [5, 5.41) is 13.2. The highest BCUT2D eigenvalue weighted by molar-refractivity contribution is 5.30. The van der Waals surface area contributed by atoms with Crippen LogP contribution in [0.15, 0.2) is 29.4 Å². The van der Waals surface area contributed by atoms with E-state index in [-0.39, 0.29) is 0 Å². The number of hydrogen-bond acceptors (Lipinski definition) is 4. The summed E-state index contributed by atoms with van der Waals surface area (Å²) < 4.78 is 0. The Morgan fingerprint density at radius 1 is 1.38 bits per heavy atom. The molecule has 0 aliphatic carbocycles. The molecule has 1 aliphatic heterocycles. The maximum Gasteiger partial charge on any atom is 0.0856 e. The van der Waals surface area contributed by atoms with Gasteiger partial charge in [-0.05, 0) is 11.1 Å². The topological polar surface area (TPSA) is 47.9 Å². The second-order valence-corrected chi connectivity index (χ2v) is 4.11. The van der Waals surface area contributed by atoms with Gasteiger partial charge in [-0.3, -0.25) is 4.90 Å². The van der Waals surface area contributed by atoms with Gasteiger partial charge < -0.3 is 10.5 Å². The lowest BCUT2D eigenvalue weighted by atomic mass is 10.1. The van der Waals surface area contributed by atoms with E-state index in [0.29, 0.717) is 13.1 Å². The maximum atomic E-state index is 9.73. The van der Waals surface area contributed by atoms with Crippen LogP contribution in [0.25, 0.3) is 0 Å². The number of fused-ring (bicyclic) bond motifs is 1. The van der Waals surface area contributed by atoms with Crippen molar-refractivity contribution in [2.24, 2.45) is 5.10 Å². The Morgan fingerprint density at radius 3 is 2.56 bits per heavy atom. The molecule has 0 fully saturated rings. The summed E-state index contributed by atoms with van der Waals surface area (Å²) in [5.74, 6) is 0. The van der Waals surface area contributed by atoms with Crippen molar-refractivity contribution in [1.29, 1.82) is 0 Å². The highest BCUT2D eigenvalue weighted by Crippen LogP contribution is 2.21. The molecule has 2 N–H and O–H groups in total. The van der Waals surface area contributed by atoms with Crippen molar-refractivity contribution in [3.8, 4) is 0 Å². The van der Waals surface area contributed by atoms with E-state index in [1.165, 1.54) is 11.1 Å². The summed E-state index contributed by atoms with van der Waals surface area (Å²) in [5.41, 5.74) is 5.41. The Balaban J connectivity index is 1.85. The standard InChI is InChI=1S/C12H17N3O/c1-13-14-6-12(16)9-15-7-10-4-2-3-5-11(10)8-15/h2-5,12,14,16H,1,6-9H2/t12-/m0/s1. The zero-order valence-electron chi connectivity index (χ0n) is 9.26. The molecule has 86 valence electrons. The molecule has 0 saturated heterocycles. The van der Waals surface area contributed by atoms with Crippen molar-refractivity contribution in [2.75, 3.05) is 13.1 Å². The highest BCUT2D eigenvalue weighted by Gasteiger charge is 2.20. The van der Waals surface area contributed by atoms with E-state index in [2.05, 4.69) is 46.4 Å². The van der Waals surface area contributed by atoms with E-state index >= 15 is 0 Å². The molecule has 0 bridgehead atoms. The van der Waals surface area contributed by atoms with Crippen LogP contribution in [-0.2, 0) is 13.1 Å². The second-order valence-electron chi connectivity index (χ2n) is 4.11. The second kappa shape index (κ2) is 5.09. The number of nitrogens with zero attached hydrogens (tertiary/aromatic N) is 2. The average Bonchev–Trinajstić information content (AvgIpc) is 2.68. The van der Waals surface area contributed by atoms with Crippen molar-refractivity contribution in [3.05, 3.63) is 35.4 Å². The van der Waals surface area contributed by atoms with Gasteiger partial charge >= 0.3 is 0 Å². The number of nitrogens with one attached hydrogen (secondary N) is 1. The number of aliphatic hydroxyl groups is 1. The Kier molecular flexibility index (Phi) is 3.54. The van der Waals surface area contributed by atoms with E-state index in [4.69, 9.17) is 0 Å². The molecule has 1 aliphatic rings. The van der Waals surface area contributed by atoms with Crippen LogP contribution >= 0.6 is 0 Å². The van der Waals surface area contributed by atoms with Crippen molar-refractivity contribution in [3.63, 3.8) is 0 Å². The summed E-state index contributed by atoms with van der Waals surface area (Å²) in [6.07, 6.45) is -0.403. The third-order valence-corrected chi connectivity index (χ3v) is 2.81. The monoisotopic (exact) mass is 219 g/mol. The van der Waals surface area contributed by atoms with Gasteiger partial charge in [0.15, 0.2) is 0 Å². The number of β-amino-alcohol motifs (C(OH)–C–C–N with tert-alkyl or cyclic N) is 1. The fourth-order valence-electron chi connectivity index (χ4n) is 2.07. The number of aliphatic hydroxyl groups excluding tert-OH is 1. The molecule has 1 aromatic carbocycles. The lowest BCUT2D eigenvalue weighted by molar-refractivity contribution is 0.111. The van der Waals surface area contributed by atoms with Crippen molar-refractivity contribution >= 4 is 6.72 Å². The summed E-state index contributed by atoms with van der Waals surface area (Å²) in [7, 11) is 0. The van der Waals surface area contributed by atoms with Crippen LogP contribution in [-0.4, -0.2) is 35.9 Å². The molecule has 16 heavy (non-hydrogen) atoms. The van der Waals surface area contributed by atoms with E-state index in [9.17, 15) is 5.11 Å². The summed E-state index contributed by atoms with van der Waals surface area (Å²) in [6, 6.07) is 8.40. The number of hydrazone groups is 1. The van der Waals surface area contributed by atoms with Gasteiger partial charge in [0.05, 0.1) is 12.6 Å². The molecule has 0 saturated carbocycles. The van der Waals surface area contributed by atoms with E-state index in [1.54, 1.807) is 0 Å². The molecule has 4 nitrogen and oxygen atoms in total. The van der Waals surface area contributed by atoms with Crippen molar-refractivity contribution in [1.82, 2.24) is 10.3 Å². The normalized spacial score (nSPS) is 16.8. The molecule has 0 spiro atoms. The molecule has 1 atom stereocenters. The lowest BCUT2D eigenvalue weighted by Gasteiger charge is -2.18. The van der Waals surface area contributed by atoms with Crippen LogP contribution in [0.1, 0.15) is 11.1 Å². The fourth-order valence-corrected chi connectivity index (χ4v) is 2.07. The number of benzene rings is 1. The van der Waals surface area contributed by atoms with Gasteiger partial charge in [-0.1, -0.05) is 24.3 Å². The molecular formula is C12H17N3O. The largest absolute Gasteiger partial charge is 0.390 e. The van der Waals surface area contributed by atoms with Gasteiger partial charge in [-0.25, -0.2) is 0 Å². The van der Waals surface area contributed by atoms with E-state index in [0.717, 1.165) is 13.1 Å². The molecule has 1 heterocycles. The van der Waals surface area contributed by atoms with Gasteiger partial charge in [0, 0.05) is 26.4 Å². The number of rotatable bonds is 5. The first-order valence-corrected chi connectivity index (χ1v) is 5.45. The summed E-state index contributed by atoms with van der Waals surface area (Å²) >= 11 is 0. The zero-order valence-corrected chi connectivity index (χ0v) is 9.26. The molecule has 2 rings (SSSR count). The lowest BCUT2D eigenvalue weighted by Crippen LogP contribution is -2.34. The van der Waals surface area contributed by atoms with Gasteiger partial charge in [0.1, 0.15) is 0 Å². The minimum absolute atomic E-state index is 0.403. The Hall–Kier alpha value is -1.39. The molecule has 0 radical (unpaired) electrons. The first kappa shape index (κ1) is 11.1. The molecule has 1 aromatic rings. The van der Waals surface area contributed by atoms with Crippen LogP contribution in [0.2, 0.25) is 0 Å². The predicted octanol–water partition coefficient (Wildman–Crippen LogP) is 0.568. The molecule has 0 amide bonds. The summed E-state index contributed by atoms with van der Waals surface area (Å²) in [4.78, 5) is 2.24. The smallest absolute Gasteiger partial charge is 0.0856 e. The molecular weight excluding hydrogens is 202 g/mol. The zero-order chi connectivity index (χ0) is 11.4. The minimum Gasteiger partial charge on any atom is -0.390 e.